The Morgan fingerprint density at radius 3 is 2.52 bits per heavy atom. The van der Waals surface area contributed by atoms with Crippen molar-refractivity contribution in [3.8, 4) is 0 Å². The van der Waals surface area contributed by atoms with Crippen molar-refractivity contribution < 1.29 is 14.4 Å². The molecule has 0 fully saturated rings. The molecule has 1 aliphatic heterocycles. The second kappa shape index (κ2) is 5.35. The van der Waals surface area contributed by atoms with Gasteiger partial charge in [-0.3, -0.25) is 24.0 Å². The molecule has 0 saturated heterocycles. The van der Waals surface area contributed by atoms with Crippen LogP contribution in [0.2, 0.25) is 0 Å². The van der Waals surface area contributed by atoms with Crippen LogP contribution in [0, 0.1) is 6.92 Å². The summed E-state index contributed by atoms with van der Waals surface area (Å²) in [7, 11) is 1.43. The third-order valence-corrected chi connectivity index (χ3v) is 3.86. The highest BCUT2D eigenvalue weighted by Gasteiger charge is 2.32. The number of benzene rings is 1. The van der Waals surface area contributed by atoms with Gasteiger partial charge in [0.05, 0.1) is 11.1 Å². The van der Waals surface area contributed by atoms with E-state index in [9.17, 15) is 14.4 Å². The molecule has 0 atom stereocenters. The molecule has 1 aliphatic rings. The molecule has 3 amide bonds. The molecule has 0 spiro atoms. The number of carbonyl (C=O) groups excluding carboxylic acids is 3. The maximum absolute atomic E-state index is 12.3. The SMILES string of the molecule is CCn1nc(C(=O)Nc2ccc3c(c2)C(=O)N(C)C3=O)cc1C. The van der Waals surface area contributed by atoms with Crippen LogP contribution < -0.4 is 5.32 Å². The number of aromatic nitrogens is 2. The lowest BCUT2D eigenvalue weighted by Gasteiger charge is -2.04. The van der Waals surface area contributed by atoms with Crippen molar-refractivity contribution in [3.63, 3.8) is 0 Å². The average molecular weight is 312 g/mol. The minimum absolute atomic E-state index is 0.297. The van der Waals surface area contributed by atoms with Gasteiger partial charge < -0.3 is 5.32 Å². The van der Waals surface area contributed by atoms with Crippen LogP contribution in [0.15, 0.2) is 24.3 Å². The fraction of sp³-hybridized carbons (Fsp3) is 0.250. The Labute approximate surface area is 132 Å². The number of rotatable bonds is 3. The predicted octanol–water partition coefficient (Wildman–Crippen LogP) is 1.69. The van der Waals surface area contributed by atoms with Crippen molar-refractivity contribution in [2.75, 3.05) is 12.4 Å². The summed E-state index contributed by atoms with van der Waals surface area (Å²) in [5.41, 5.74) is 2.31. The van der Waals surface area contributed by atoms with Gasteiger partial charge in [-0.1, -0.05) is 0 Å². The van der Waals surface area contributed by atoms with Crippen LogP contribution in [0.1, 0.15) is 43.8 Å². The van der Waals surface area contributed by atoms with Crippen LogP contribution in [-0.4, -0.2) is 39.4 Å². The summed E-state index contributed by atoms with van der Waals surface area (Å²) in [6.07, 6.45) is 0. The minimum Gasteiger partial charge on any atom is -0.321 e. The fourth-order valence-corrected chi connectivity index (χ4v) is 2.58. The van der Waals surface area contributed by atoms with E-state index in [1.807, 2.05) is 13.8 Å². The number of aryl methyl sites for hydroxylation is 2. The second-order valence-corrected chi connectivity index (χ2v) is 5.37. The number of imide groups is 1. The van der Waals surface area contributed by atoms with Crippen molar-refractivity contribution in [2.45, 2.75) is 20.4 Å². The number of nitrogens with zero attached hydrogens (tertiary/aromatic N) is 3. The summed E-state index contributed by atoms with van der Waals surface area (Å²) in [6, 6.07) is 6.37. The van der Waals surface area contributed by atoms with Crippen LogP contribution in [0.25, 0.3) is 0 Å². The zero-order valence-corrected chi connectivity index (χ0v) is 13.1. The number of anilines is 1. The van der Waals surface area contributed by atoms with E-state index < -0.39 is 0 Å². The standard InChI is InChI=1S/C16H16N4O3/c1-4-20-9(2)7-13(18-20)14(21)17-10-5-6-11-12(8-10)16(23)19(3)15(11)22/h5-8H,4H2,1-3H3,(H,17,21). The largest absolute Gasteiger partial charge is 0.321 e. The minimum atomic E-state index is -0.368. The topological polar surface area (TPSA) is 84.3 Å². The van der Waals surface area contributed by atoms with E-state index in [0.717, 1.165) is 10.6 Å². The van der Waals surface area contributed by atoms with Crippen molar-refractivity contribution >= 4 is 23.4 Å². The highest BCUT2D eigenvalue weighted by atomic mass is 16.2. The van der Waals surface area contributed by atoms with Crippen LogP contribution in [0.4, 0.5) is 5.69 Å². The summed E-state index contributed by atoms with van der Waals surface area (Å²) in [5, 5.41) is 6.92. The first-order valence-corrected chi connectivity index (χ1v) is 7.24. The lowest BCUT2D eigenvalue weighted by Crippen LogP contribution is -2.24. The smallest absolute Gasteiger partial charge is 0.276 e. The number of carbonyl (C=O) groups is 3. The van der Waals surface area contributed by atoms with Gasteiger partial charge in [0.1, 0.15) is 0 Å². The molecule has 118 valence electrons. The first-order valence-electron chi connectivity index (χ1n) is 7.24. The Morgan fingerprint density at radius 1 is 1.17 bits per heavy atom. The zero-order chi connectivity index (χ0) is 16.7. The summed E-state index contributed by atoms with van der Waals surface area (Å²) < 4.78 is 1.73. The molecule has 7 nitrogen and oxygen atoms in total. The van der Waals surface area contributed by atoms with Gasteiger partial charge in [-0.25, -0.2) is 0 Å². The molecular weight excluding hydrogens is 296 g/mol. The first kappa shape index (κ1) is 15.0. The van der Waals surface area contributed by atoms with Crippen molar-refractivity contribution in [2.24, 2.45) is 0 Å². The molecule has 0 unspecified atom stereocenters. The number of hydrogen-bond acceptors (Lipinski definition) is 4. The number of nitrogens with one attached hydrogen (secondary N) is 1. The number of hydrogen-bond donors (Lipinski definition) is 1. The van der Waals surface area contributed by atoms with Crippen molar-refractivity contribution in [1.82, 2.24) is 14.7 Å². The molecular formula is C16H16N4O3. The van der Waals surface area contributed by atoms with Gasteiger partial charge in [0, 0.05) is 25.0 Å². The normalized spacial score (nSPS) is 13.4. The van der Waals surface area contributed by atoms with Gasteiger partial charge in [0.25, 0.3) is 17.7 Å². The number of fused-ring (bicyclic) bond motifs is 1. The molecule has 0 radical (unpaired) electrons. The summed E-state index contributed by atoms with van der Waals surface area (Å²) in [4.78, 5) is 37.1. The number of amides is 3. The quantitative estimate of drug-likeness (QED) is 0.874. The van der Waals surface area contributed by atoms with E-state index in [1.165, 1.54) is 13.1 Å². The Morgan fingerprint density at radius 2 is 1.87 bits per heavy atom. The van der Waals surface area contributed by atoms with E-state index in [2.05, 4.69) is 10.4 Å². The molecule has 2 heterocycles. The lowest BCUT2D eigenvalue weighted by atomic mass is 10.1. The van der Waals surface area contributed by atoms with E-state index in [4.69, 9.17) is 0 Å². The molecule has 3 rings (SSSR count). The fourth-order valence-electron chi connectivity index (χ4n) is 2.58. The van der Waals surface area contributed by atoms with Gasteiger partial charge in [0.15, 0.2) is 5.69 Å². The molecule has 1 aromatic heterocycles. The lowest BCUT2D eigenvalue weighted by molar-refractivity contribution is 0.0692. The maximum atomic E-state index is 12.3. The molecule has 2 aromatic rings. The Balaban J connectivity index is 1.85. The van der Waals surface area contributed by atoms with E-state index >= 15 is 0 Å². The summed E-state index contributed by atoms with van der Waals surface area (Å²) >= 11 is 0. The molecule has 0 saturated carbocycles. The van der Waals surface area contributed by atoms with Crippen molar-refractivity contribution in [3.05, 3.63) is 46.8 Å². The van der Waals surface area contributed by atoms with Crippen LogP contribution >= 0.6 is 0 Å². The van der Waals surface area contributed by atoms with Gasteiger partial charge in [0.2, 0.25) is 0 Å². The van der Waals surface area contributed by atoms with Gasteiger partial charge >= 0.3 is 0 Å². The van der Waals surface area contributed by atoms with Gasteiger partial charge in [-0.2, -0.15) is 5.10 Å². The van der Waals surface area contributed by atoms with E-state index in [1.54, 1.807) is 22.9 Å². The van der Waals surface area contributed by atoms with Crippen LogP contribution in [0.5, 0.6) is 0 Å². The molecule has 1 N–H and O–H groups in total. The Bertz CT molecular complexity index is 838. The zero-order valence-electron chi connectivity index (χ0n) is 13.1. The monoisotopic (exact) mass is 312 g/mol. The Kier molecular flexibility index (Phi) is 3.48. The van der Waals surface area contributed by atoms with Crippen LogP contribution in [0.3, 0.4) is 0 Å². The first-order chi connectivity index (χ1) is 10.9. The third-order valence-electron chi connectivity index (χ3n) is 3.86. The van der Waals surface area contributed by atoms with Crippen LogP contribution in [-0.2, 0) is 6.54 Å². The van der Waals surface area contributed by atoms with Gasteiger partial charge in [-0.15, -0.1) is 0 Å². The molecule has 0 bridgehead atoms. The van der Waals surface area contributed by atoms with E-state index in [-0.39, 0.29) is 17.7 Å². The Hall–Kier alpha value is -2.96. The van der Waals surface area contributed by atoms with E-state index in [0.29, 0.717) is 29.1 Å². The third kappa shape index (κ3) is 2.40. The predicted molar refractivity (Wildman–Crippen MR) is 83.5 cm³/mol. The van der Waals surface area contributed by atoms with Gasteiger partial charge in [-0.05, 0) is 38.1 Å². The summed E-state index contributed by atoms with van der Waals surface area (Å²) in [6.45, 7) is 4.50. The average Bonchev–Trinajstić information content (AvgIpc) is 3.02. The summed E-state index contributed by atoms with van der Waals surface area (Å²) in [5.74, 6) is -1.06. The highest BCUT2D eigenvalue weighted by molar-refractivity contribution is 6.21. The highest BCUT2D eigenvalue weighted by Crippen LogP contribution is 2.25. The second-order valence-electron chi connectivity index (χ2n) is 5.37. The molecule has 1 aromatic carbocycles. The van der Waals surface area contributed by atoms with Crippen molar-refractivity contribution in [1.29, 1.82) is 0 Å². The molecule has 0 aliphatic carbocycles. The maximum Gasteiger partial charge on any atom is 0.276 e. The molecule has 23 heavy (non-hydrogen) atoms. The molecule has 7 heteroatoms.